The van der Waals surface area contributed by atoms with Crippen molar-refractivity contribution < 1.29 is 13.5 Å². The molecule has 1 aromatic rings. The maximum absolute atomic E-state index is 11.8. The van der Waals surface area contributed by atoms with Gasteiger partial charge in [0, 0.05) is 12.7 Å². The van der Waals surface area contributed by atoms with E-state index in [0.29, 0.717) is 17.1 Å². The Labute approximate surface area is 119 Å². The van der Waals surface area contributed by atoms with Gasteiger partial charge < -0.3 is 5.11 Å². The van der Waals surface area contributed by atoms with Crippen molar-refractivity contribution in [2.24, 2.45) is 5.92 Å². The number of aliphatic hydroxyl groups is 1. The van der Waals surface area contributed by atoms with Gasteiger partial charge in [-0.2, -0.15) is 0 Å². The monoisotopic (exact) mass is 306 g/mol. The number of halogens is 1. The van der Waals surface area contributed by atoms with Gasteiger partial charge in [-0.05, 0) is 24.0 Å². The molecule has 0 amide bonds. The zero-order valence-electron chi connectivity index (χ0n) is 11.0. The molecule has 19 heavy (non-hydrogen) atoms. The Morgan fingerprint density at radius 2 is 2.11 bits per heavy atom. The minimum Gasteiger partial charge on any atom is -0.393 e. The SMILES string of the molecule is CC(C)C(O)CCNS(=O)(=O)Cc1ccc(Cl)nc1. The van der Waals surface area contributed by atoms with Crippen LogP contribution in [0.1, 0.15) is 25.8 Å². The molecule has 1 atom stereocenters. The summed E-state index contributed by atoms with van der Waals surface area (Å²) >= 11 is 5.63. The summed E-state index contributed by atoms with van der Waals surface area (Å²) in [5.41, 5.74) is 0.571. The number of nitrogens with zero attached hydrogens (tertiary/aromatic N) is 1. The van der Waals surface area contributed by atoms with E-state index in [0.717, 1.165) is 0 Å². The predicted molar refractivity (Wildman–Crippen MR) is 75.3 cm³/mol. The third-order valence-corrected chi connectivity index (χ3v) is 4.26. The van der Waals surface area contributed by atoms with Crippen LogP contribution in [0.5, 0.6) is 0 Å². The average molecular weight is 307 g/mol. The normalized spacial score (nSPS) is 13.7. The van der Waals surface area contributed by atoms with E-state index in [2.05, 4.69) is 9.71 Å². The van der Waals surface area contributed by atoms with Crippen molar-refractivity contribution in [2.45, 2.75) is 32.1 Å². The number of sulfonamides is 1. The molecule has 1 heterocycles. The number of nitrogens with one attached hydrogen (secondary N) is 1. The van der Waals surface area contributed by atoms with Crippen molar-refractivity contribution in [2.75, 3.05) is 6.54 Å². The van der Waals surface area contributed by atoms with Gasteiger partial charge in [0.05, 0.1) is 11.9 Å². The lowest BCUT2D eigenvalue weighted by atomic mass is 10.1. The van der Waals surface area contributed by atoms with Crippen LogP contribution in [0.4, 0.5) is 0 Å². The number of hydrogen-bond donors (Lipinski definition) is 2. The second kappa shape index (κ2) is 7.19. The van der Waals surface area contributed by atoms with Crippen molar-refractivity contribution >= 4 is 21.6 Å². The van der Waals surface area contributed by atoms with Crippen LogP contribution in [0.3, 0.4) is 0 Å². The Morgan fingerprint density at radius 1 is 1.42 bits per heavy atom. The largest absolute Gasteiger partial charge is 0.393 e. The zero-order chi connectivity index (χ0) is 14.5. The van der Waals surface area contributed by atoms with E-state index in [9.17, 15) is 13.5 Å². The number of rotatable bonds is 7. The maximum atomic E-state index is 11.8. The average Bonchev–Trinajstić information content (AvgIpc) is 2.31. The molecule has 0 aromatic carbocycles. The predicted octanol–water partition coefficient (Wildman–Crippen LogP) is 1.56. The molecular weight excluding hydrogens is 288 g/mol. The Hall–Kier alpha value is -0.690. The van der Waals surface area contributed by atoms with E-state index in [-0.39, 0.29) is 18.2 Å². The van der Waals surface area contributed by atoms with Crippen LogP contribution in [-0.2, 0) is 15.8 Å². The molecule has 0 aliphatic heterocycles. The highest BCUT2D eigenvalue weighted by atomic mass is 35.5. The molecule has 5 nitrogen and oxygen atoms in total. The summed E-state index contributed by atoms with van der Waals surface area (Å²) < 4.78 is 26.0. The molecule has 2 N–H and O–H groups in total. The van der Waals surface area contributed by atoms with Crippen LogP contribution in [0, 0.1) is 5.92 Å². The Kier molecular flexibility index (Phi) is 6.19. The van der Waals surface area contributed by atoms with Crippen LogP contribution in [0.2, 0.25) is 5.15 Å². The van der Waals surface area contributed by atoms with E-state index >= 15 is 0 Å². The molecule has 1 aromatic heterocycles. The molecule has 0 fully saturated rings. The minimum absolute atomic E-state index is 0.116. The highest BCUT2D eigenvalue weighted by Crippen LogP contribution is 2.09. The van der Waals surface area contributed by atoms with Crippen LogP contribution in [-0.4, -0.2) is 31.2 Å². The molecule has 0 bridgehead atoms. The topological polar surface area (TPSA) is 79.3 Å². The zero-order valence-corrected chi connectivity index (χ0v) is 12.6. The van der Waals surface area contributed by atoms with Gasteiger partial charge in [0.1, 0.15) is 5.15 Å². The summed E-state index contributed by atoms with van der Waals surface area (Å²) in [5.74, 6) is -0.0282. The van der Waals surface area contributed by atoms with E-state index < -0.39 is 16.1 Å². The molecule has 0 saturated carbocycles. The summed E-state index contributed by atoms with van der Waals surface area (Å²) in [6.07, 6.45) is 1.33. The second-order valence-corrected chi connectivity index (χ2v) is 6.94. The third kappa shape index (κ3) is 6.33. The van der Waals surface area contributed by atoms with Gasteiger partial charge in [-0.3, -0.25) is 0 Å². The molecule has 7 heteroatoms. The molecule has 0 aliphatic carbocycles. The molecule has 0 radical (unpaired) electrons. The van der Waals surface area contributed by atoms with Gasteiger partial charge in [-0.15, -0.1) is 0 Å². The number of pyridine rings is 1. The second-order valence-electron chi connectivity index (χ2n) is 4.74. The molecule has 0 aliphatic rings. The van der Waals surface area contributed by atoms with Gasteiger partial charge in [0.2, 0.25) is 10.0 Å². The van der Waals surface area contributed by atoms with Gasteiger partial charge >= 0.3 is 0 Å². The van der Waals surface area contributed by atoms with Gasteiger partial charge in [-0.25, -0.2) is 18.1 Å². The van der Waals surface area contributed by atoms with E-state index in [1.807, 2.05) is 13.8 Å². The quantitative estimate of drug-likeness (QED) is 0.749. The molecular formula is C12H19ClN2O3S. The van der Waals surface area contributed by atoms with Gasteiger partial charge in [0.15, 0.2) is 0 Å². The summed E-state index contributed by atoms with van der Waals surface area (Å²) in [7, 11) is -3.41. The molecule has 108 valence electrons. The minimum atomic E-state index is -3.41. The van der Waals surface area contributed by atoms with Gasteiger partial charge in [-0.1, -0.05) is 31.5 Å². The van der Waals surface area contributed by atoms with Gasteiger partial charge in [0.25, 0.3) is 0 Å². The van der Waals surface area contributed by atoms with Crippen LogP contribution >= 0.6 is 11.6 Å². The van der Waals surface area contributed by atoms with Crippen LogP contribution in [0.15, 0.2) is 18.3 Å². The fourth-order valence-electron chi connectivity index (χ4n) is 1.46. The lowest BCUT2D eigenvalue weighted by Gasteiger charge is -2.14. The van der Waals surface area contributed by atoms with Crippen molar-refractivity contribution in [3.05, 3.63) is 29.0 Å². The van der Waals surface area contributed by atoms with Crippen LogP contribution < -0.4 is 4.72 Å². The fourth-order valence-corrected chi connectivity index (χ4v) is 2.71. The number of aliphatic hydroxyl groups excluding tert-OH is 1. The molecule has 1 rings (SSSR count). The molecule has 1 unspecified atom stereocenters. The lowest BCUT2D eigenvalue weighted by molar-refractivity contribution is 0.118. The van der Waals surface area contributed by atoms with E-state index in [1.165, 1.54) is 6.20 Å². The molecule has 0 saturated heterocycles. The molecule has 0 spiro atoms. The first-order valence-electron chi connectivity index (χ1n) is 6.06. The van der Waals surface area contributed by atoms with Crippen molar-refractivity contribution in [1.82, 2.24) is 9.71 Å². The number of hydrogen-bond acceptors (Lipinski definition) is 4. The maximum Gasteiger partial charge on any atom is 0.215 e. The Bertz CT molecular complexity index is 488. The number of aromatic nitrogens is 1. The van der Waals surface area contributed by atoms with Crippen molar-refractivity contribution in [3.63, 3.8) is 0 Å². The summed E-state index contributed by atoms with van der Waals surface area (Å²) in [4.78, 5) is 3.83. The summed E-state index contributed by atoms with van der Waals surface area (Å²) in [6.45, 7) is 4.00. The highest BCUT2D eigenvalue weighted by Gasteiger charge is 2.14. The first-order chi connectivity index (χ1) is 8.80. The summed E-state index contributed by atoms with van der Waals surface area (Å²) in [5, 5.41) is 9.91. The van der Waals surface area contributed by atoms with Crippen molar-refractivity contribution in [3.8, 4) is 0 Å². The van der Waals surface area contributed by atoms with Crippen LogP contribution in [0.25, 0.3) is 0 Å². The van der Waals surface area contributed by atoms with E-state index in [1.54, 1.807) is 12.1 Å². The van der Waals surface area contributed by atoms with E-state index in [4.69, 9.17) is 11.6 Å². The fraction of sp³-hybridized carbons (Fsp3) is 0.583. The highest BCUT2D eigenvalue weighted by molar-refractivity contribution is 7.88. The lowest BCUT2D eigenvalue weighted by Crippen LogP contribution is -2.29. The first-order valence-corrected chi connectivity index (χ1v) is 8.09. The Morgan fingerprint density at radius 3 is 2.63 bits per heavy atom. The Balaban J connectivity index is 2.46. The summed E-state index contributed by atoms with van der Waals surface area (Å²) in [6, 6.07) is 3.17. The first kappa shape index (κ1) is 16.4. The third-order valence-electron chi connectivity index (χ3n) is 2.68. The smallest absolute Gasteiger partial charge is 0.215 e. The van der Waals surface area contributed by atoms with Crippen molar-refractivity contribution in [1.29, 1.82) is 0 Å². The standard InChI is InChI=1S/C12H19ClN2O3S/c1-9(2)11(16)5-6-15-19(17,18)8-10-3-4-12(13)14-7-10/h3-4,7,9,11,15-16H,5-6,8H2,1-2H3.